The number of esters is 1. The van der Waals surface area contributed by atoms with Gasteiger partial charge in [0.15, 0.2) is 5.11 Å². The highest BCUT2D eigenvalue weighted by Gasteiger charge is 2.18. The standard InChI is InChI=1S/C20H17FN2O2S2/c1-12-8-9-14(10-16(12)21)22-20(26)23-18-15(19(24)25-2)11-17(27-18)13-6-4-3-5-7-13/h3-11H,1-2H3,(H2,22,23,26). The third-order valence-corrected chi connectivity index (χ3v) is 5.16. The van der Waals surface area contributed by atoms with E-state index < -0.39 is 5.97 Å². The summed E-state index contributed by atoms with van der Waals surface area (Å²) in [6.07, 6.45) is 0. The van der Waals surface area contributed by atoms with Gasteiger partial charge in [-0.2, -0.15) is 0 Å². The fourth-order valence-corrected chi connectivity index (χ4v) is 3.77. The van der Waals surface area contributed by atoms with Crippen molar-refractivity contribution in [1.29, 1.82) is 0 Å². The normalized spacial score (nSPS) is 10.3. The van der Waals surface area contributed by atoms with E-state index in [0.717, 1.165) is 10.4 Å². The van der Waals surface area contributed by atoms with Crippen LogP contribution >= 0.6 is 23.6 Å². The van der Waals surface area contributed by atoms with Crippen molar-refractivity contribution in [2.24, 2.45) is 0 Å². The second-order valence-corrected chi connectivity index (χ2v) is 7.21. The lowest BCUT2D eigenvalue weighted by atomic mass is 10.1. The predicted octanol–water partition coefficient (Wildman–Crippen LogP) is 5.46. The van der Waals surface area contributed by atoms with E-state index >= 15 is 0 Å². The van der Waals surface area contributed by atoms with Crippen LogP contribution in [0.5, 0.6) is 0 Å². The minimum Gasteiger partial charge on any atom is -0.465 e. The van der Waals surface area contributed by atoms with E-state index in [1.165, 1.54) is 24.5 Å². The van der Waals surface area contributed by atoms with E-state index in [4.69, 9.17) is 17.0 Å². The van der Waals surface area contributed by atoms with Gasteiger partial charge in [-0.05, 0) is 48.5 Å². The molecule has 0 aliphatic heterocycles. The van der Waals surface area contributed by atoms with Crippen molar-refractivity contribution in [3.05, 3.63) is 71.5 Å². The summed E-state index contributed by atoms with van der Waals surface area (Å²) in [6.45, 7) is 1.69. The maximum Gasteiger partial charge on any atom is 0.340 e. The number of methoxy groups -OCH3 is 1. The van der Waals surface area contributed by atoms with Crippen LogP contribution in [0, 0.1) is 12.7 Å². The van der Waals surface area contributed by atoms with Gasteiger partial charge in [0.2, 0.25) is 0 Å². The Morgan fingerprint density at radius 1 is 1.11 bits per heavy atom. The Kier molecular flexibility index (Phi) is 5.83. The molecule has 0 amide bonds. The molecule has 0 radical (unpaired) electrons. The summed E-state index contributed by atoms with van der Waals surface area (Å²) in [4.78, 5) is 13.0. The molecule has 0 saturated carbocycles. The molecule has 0 atom stereocenters. The molecule has 4 nitrogen and oxygen atoms in total. The van der Waals surface area contributed by atoms with Gasteiger partial charge < -0.3 is 15.4 Å². The lowest BCUT2D eigenvalue weighted by Gasteiger charge is -2.11. The van der Waals surface area contributed by atoms with Crippen molar-refractivity contribution in [3.8, 4) is 10.4 Å². The van der Waals surface area contributed by atoms with Gasteiger partial charge in [0, 0.05) is 10.6 Å². The predicted molar refractivity (Wildman–Crippen MR) is 112 cm³/mol. The van der Waals surface area contributed by atoms with E-state index in [1.54, 1.807) is 25.1 Å². The summed E-state index contributed by atoms with van der Waals surface area (Å²) in [5.41, 5.74) is 2.45. The molecule has 3 rings (SSSR count). The molecule has 0 fully saturated rings. The molecule has 2 aromatic carbocycles. The van der Waals surface area contributed by atoms with Gasteiger partial charge >= 0.3 is 5.97 Å². The van der Waals surface area contributed by atoms with Crippen molar-refractivity contribution < 1.29 is 13.9 Å². The summed E-state index contributed by atoms with van der Waals surface area (Å²) < 4.78 is 18.6. The van der Waals surface area contributed by atoms with Crippen molar-refractivity contribution in [2.45, 2.75) is 6.92 Å². The van der Waals surface area contributed by atoms with Gasteiger partial charge in [0.25, 0.3) is 0 Å². The highest BCUT2D eigenvalue weighted by atomic mass is 32.1. The quantitative estimate of drug-likeness (QED) is 0.450. The van der Waals surface area contributed by atoms with Crippen molar-refractivity contribution in [1.82, 2.24) is 0 Å². The van der Waals surface area contributed by atoms with Crippen LogP contribution in [0.4, 0.5) is 15.1 Å². The fraction of sp³-hybridized carbons (Fsp3) is 0.100. The highest BCUT2D eigenvalue weighted by Crippen LogP contribution is 2.36. The third kappa shape index (κ3) is 4.50. The first kappa shape index (κ1) is 19.0. The summed E-state index contributed by atoms with van der Waals surface area (Å²) in [7, 11) is 1.33. The highest BCUT2D eigenvalue weighted by molar-refractivity contribution is 7.80. The number of halogens is 1. The average Bonchev–Trinajstić information content (AvgIpc) is 3.08. The van der Waals surface area contributed by atoms with E-state index in [0.29, 0.717) is 21.8 Å². The molecule has 0 bridgehead atoms. The van der Waals surface area contributed by atoms with Crippen LogP contribution in [0.15, 0.2) is 54.6 Å². The number of nitrogens with one attached hydrogen (secondary N) is 2. The number of carbonyl (C=O) groups is 1. The van der Waals surface area contributed by atoms with E-state index in [2.05, 4.69) is 10.6 Å². The number of benzene rings is 2. The molecule has 3 aromatic rings. The average molecular weight is 401 g/mol. The minimum absolute atomic E-state index is 0.255. The minimum atomic E-state index is -0.458. The van der Waals surface area contributed by atoms with Crippen molar-refractivity contribution >= 4 is 45.3 Å². The molecule has 0 spiro atoms. The lowest BCUT2D eigenvalue weighted by Crippen LogP contribution is -2.20. The zero-order chi connectivity index (χ0) is 19.4. The number of hydrogen-bond donors (Lipinski definition) is 2. The van der Waals surface area contributed by atoms with Gasteiger partial charge in [-0.1, -0.05) is 36.4 Å². The van der Waals surface area contributed by atoms with Gasteiger partial charge in [0.05, 0.1) is 12.7 Å². The number of thiophene rings is 1. The third-order valence-electron chi connectivity index (χ3n) is 3.85. The van der Waals surface area contributed by atoms with Crippen LogP contribution in [-0.4, -0.2) is 18.2 Å². The maximum atomic E-state index is 13.7. The van der Waals surface area contributed by atoms with Gasteiger partial charge in [-0.3, -0.25) is 0 Å². The molecule has 7 heteroatoms. The first-order valence-corrected chi connectivity index (χ1v) is 9.32. The second-order valence-electron chi connectivity index (χ2n) is 5.75. The van der Waals surface area contributed by atoms with E-state index in [9.17, 15) is 9.18 Å². The maximum absolute atomic E-state index is 13.7. The Morgan fingerprint density at radius 2 is 1.85 bits per heavy atom. The van der Waals surface area contributed by atoms with Crippen LogP contribution in [0.2, 0.25) is 0 Å². The molecule has 0 aliphatic rings. The summed E-state index contributed by atoms with van der Waals surface area (Å²) in [5, 5.41) is 6.76. The Bertz CT molecular complexity index is 987. The largest absolute Gasteiger partial charge is 0.465 e. The molecule has 0 unspecified atom stereocenters. The molecule has 27 heavy (non-hydrogen) atoms. The molecule has 0 saturated heterocycles. The lowest BCUT2D eigenvalue weighted by molar-refractivity contribution is 0.0602. The number of rotatable bonds is 4. The van der Waals surface area contributed by atoms with E-state index in [1.807, 2.05) is 30.3 Å². The van der Waals surface area contributed by atoms with Crippen molar-refractivity contribution in [2.75, 3.05) is 17.7 Å². The number of hydrogen-bond acceptors (Lipinski definition) is 4. The molecular formula is C20H17FN2O2S2. The molecule has 1 aromatic heterocycles. The molecule has 138 valence electrons. The Balaban J connectivity index is 1.84. The fourth-order valence-electron chi connectivity index (χ4n) is 2.43. The molecule has 1 heterocycles. The first-order chi connectivity index (χ1) is 13.0. The van der Waals surface area contributed by atoms with Crippen LogP contribution in [0.1, 0.15) is 15.9 Å². The van der Waals surface area contributed by atoms with Gasteiger partial charge in [0.1, 0.15) is 10.8 Å². The molecule has 0 aliphatic carbocycles. The Morgan fingerprint density at radius 3 is 2.52 bits per heavy atom. The van der Waals surface area contributed by atoms with E-state index in [-0.39, 0.29) is 10.9 Å². The Hall–Kier alpha value is -2.77. The van der Waals surface area contributed by atoms with Crippen LogP contribution in [0.3, 0.4) is 0 Å². The topological polar surface area (TPSA) is 50.4 Å². The van der Waals surface area contributed by atoms with Gasteiger partial charge in [-0.25, -0.2) is 9.18 Å². The van der Waals surface area contributed by atoms with Crippen LogP contribution in [-0.2, 0) is 4.74 Å². The zero-order valence-corrected chi connectivity index (χ0v) is 16.3. The number of anilines is 2. The second kappa shape index (κ2) is 8.28. The number of thiocarbonyl (C=S) groups is 1. The van der Waals surface area contributed by atoms with Crippen LogP contribution in [0.25, 0.3) is 10.4 Å². The SMILES string of the molecule is COC(=O)c1cc(-c2ccccc2)sc1NC(=S)Nc1ccc(C)c(F)c1. The molecule has 2 N–H and O–H groups in total. The summed E-state index contributed by atoms with van der Waals surface area (Å²) in [5.74, 6) is -0.777. The first-order valence-electron chi connectivity index (χ1n) is 8.09. The summed E-state index contributed by atoms with van der Waals surface area (Å²) >= 11 is 6.70. The Labute approximate surface area is 166 Å². The smallest absolute Gasteiger partial charge is 0.340 e. The monoisotopic (exact) mass is 400 g/mol. The molecular weight excluding hydrogens is 383 g/mol. The van der Waals surface area contributed by atoms with Crippen molar-refractivity contribution in [3.63, 3.8) is 0 Å². The number of aryl methyl sites for hydroxylation is 1. The number of carbonyl (C=O) groups excluding carboxylic acids is 1. The van der Waals surface area contributed by atoms with Crippen LogP contribution < -0.4 is 10.6 Å². The zero-order valence-electron chi connectivity index (χ0n) is 14.7. The van der Waals surface area contributed by atoms with Gasteiger partial charge in [-0.15, -0.1) is 11.3 Å². The summed E-state index contributed by atoms with van der Waals surface area (Å²) in [6, 6.07) is 16.2. The number of ether oxygens (including phenoxy) is 1.